The molecule has 5 nitrogen and oxygen atoms in total. The lowest BCUT2D eigenvalue weighted by Gasteiger charge is -2.19. The number of thiophene rings is 3. The number of ether oxygens (including phenoxy) is 2. The van der Waals surface area contributed by atoms with E-state index in [9.17, 15) is 9.59 Å². The fourth-order valence-electron chi connectivity index (χ4n) is 6.57. The smallest absolute Gasteiger partial charge is 0.262 e. The molecule has 48 heavy (non-hydrogen) atoms. The summed E-state index contributed by atoms with van der Waals surface area (Å²) in [6, 6.07) is 4.54. The fraction of sp³-hybridized carbons (Fsp3) is 0.600. The first kappa shape index (κ1) is 36.9. The van der Waals surface area contributed by atoms with Gasteiger partial charge >= 0.3 is 0 Å². The molecule has 0 radical (unpaired) electrons. The molecule has 3 aromatic heterocycles. The summed E-state index contributed by atoms with van der Waals surface area (Å²) in [5.41, 5.74) is 0.852. The number of rotatable bonds is 16. The zero-order valence-electron chi connectivity index (χ0n) is 30.8. The van der Waals surface area contributed by atoms with Crippen molar-refractivity contribution < 1.29 is 19.1 Å². The Morgan fingerprint density at radius 1 is 0.750 bits per heavy atom. The Bertz CT molecular complexity index is 1690. The van der Waals surface area contributed by atoms with Crippen LogP contribution in [0.15, 0.2) is 12.1 Å². The molecular formula is C40H55NO4S3. The minimum Gasteiger partial charge on any atom is -0.491 e. The van der Waals surface area contributed by atoms with Crippen LogP contribution in [0.5, 0.6) is 11.5 Å². The predicted molar refractivity (Wildman–Crippen MR) is 207 cm³/mol. The van der Waals surface area contributed by atoms with Crippen LogP contribution >= 0.6 is 34.0 Å². The van der Waals surface area contributed by atoms with Gasteiger partial charge in [-0.3, -0.25) is 14.5 Å². The zero-order chi connectivity index (χ0) is 34.9. The van der Waals surface area contributed by atoms with Gasteiger partial charge in [0.2, 0.25) is 0 Å². The minimum atomic E-state index is -0.273. The molecule has 0 aliphatic carbocycles. The third-order valence-corrected chi connectivity index (χ3v) is 14.2. The van der Waals surface area contributed by atoms with Crippen LogP contribution in [0.4, 0.5) is 0 Å². The van der Waals surface area contributed by atoms with E-state index in [1.165, 1.54) is 35.5 Å². The second-order valence-corrected chi connectivity index (χ2v) is 18.1. The van der Waals surface area contributed by atoms with Crippen LogP contribution < -0.4 is 9.47 Å². The molecule has 0 bridgehead atoms. The summed E-state index contributed by atoms with van der Waals surface area (Å²) >= 11 is 5.10. The van der Waals surface area contributed by atoms with Gasteiger partial charge in [0.05, 0.1) is 38.6 Å². The third kappa shape index (κ3) is 7.09. The molecule has 0 fully saturated rings. The largest absolute Gasteiger partial charge is 0.491 e. The number of hydrogen-bond acceptors (Lipinski definition) is 7. The summed E-state index contributed by atoms with van der Waals surface area (Å²) in [4.78, 5) is 32.4. The molecule has 2 unspecified atom stereocenters. The van der Waals surface area contributed by atoms with Crippen molar-refractivity contribution in [3.8, 4) is 21.3 Å². The van der Waals surface area contributed by atoms with Gasteiger partial charge in [0, 0.05) is 32.5 Å². The molecule has 0 spiro atoms. The highest BCUT2D eigenvalue weighted by atomic mass is 32.1. The summed E-state index contributed by atoms with van der Waals surface area (Å²) in [7, 11) is 1.60. The molecule has 0 saturated heterocycles. The molecule has 8 heteroatoms. The Labute approximate surface area is 300 Å². The van der Waals surface area contributed by atoms with E-state index in [2.05, 4.69) is 74.4 Å². The standard InChI is InChI=1S/C40H55NO4S3/c1-11-15-17-24(13-3)21-44-32-26-19-28(23(5)6)46-34(26)33(45-22-25(14-4)18-16-12-2)27-20-29(47-35(27)32)36-30-31(37(48-36)40(7,8)9)39(43)41(10)38(30)42/h19-20,23-25H,11-18,21-22H2,1-10H3. The lowest BCUT2D eigenvalue weighted by molar-refractivity contribution is 0.0692. The number of carbonyl (C=O) groups is 2. The molecule has 1 aromatic carbocycles. The van der Waals surface area contributed by atoms with Gasteiger partial charge in [-0.05, 0) is 48.1 Å². The lowest BCUT2D eigenvalue weighted by Crippen LogP contribution is -2.25. The molecule has 1 aliphatic rings. The molecule has 4 heterocycles. The summed E-state index contributed by atoms with van der Waals surface area (Å²) in [5.74, 6) is 2.83. The molecule has 262 valence electrons. The molecule has 5 rings (SSSR count). The van der Waals surface area contributed by atoms with Crippen molar-refractivity contribution in [3.63, 3.8) is 0 Å². The molecule has 0 N–H and O–H groups in total. The van der Waals surface area contributed by atoms with Gasteiger partial charge in [-0.1, -0.05) is 101 Å². The van der Waals surface area contributed by atoms with Crippen LogP contribution in [0.2, 0.25) is 0 Å². The van der Waals surface area contributed by atoms with Crippen molar-refractivity contribution in [1.29, 1.82) is 0 Å². The van der Waals surface area contributed by atoms with E-state index in [0.29, 0.717) is 42.1 Å². The second-order valence-electron chi connectivity index (χ2n) is 14.9. The monoisotopic (exact) mass is 709 g/mol. The Kier molecular flexibility index (Phi) is 11.7. The maximum atomic E-state index is 13.6. The number of hydrogen-bond donors (Lipinski definition) is 0. The van der Waals surface area contributed by atoms with Crippen molar-refractivity contribution in [2.24, 2.45) is 11.8 Å². The maximum Gasteiger partial charge on any atom is 0.262 e. The molecule has 0 saturated carbocycles. The lowest BCUT2D eigenvalue weighted by atomic mass is 9.90. The predicted octanol–water partition coefficient (Wildman–Crippen LogP) is 12.7. The zero-order valence-corrected chi connectivity index (χ0v) is 33.2. The number of fused-ring (bicyclic) bond motifs is 3. The van der Waals surface area contributed by atoms with Crippen molar-refractivity contribution >= 4 is 66.0 Å². The van der Waals surface area contributed by atoms with E-state index in [4.69, 9.17) is 9.47 Å². The first-order valence-electron chi connectivity index (χ1n) is 18.1. The highest BCUT2D eigenvalue weighted by Crippen LogP contribution is 2.55. The van der Waals surface area contributed by atoms with Gasteiger partial charge in [0.25, 0.3) is 11.8 Å². The van der Waals surface area contributed by atoms with Gasteiger partial charge in [-0.2, -0.15) is 0 Å². The Morgan fingerprint density at radius 3 is 1.77 bits per heavy atom. The van der Waals surface area contributed by atoms with Gasteiger partial charge in [0.1, 0.15) is 11.5 Å². The summed E-state index contributed by atoms with van der Waals surface area (Å²) < 4.78 is 16.1. The van der Waals surface area contributed by atoms with Crippen molar-refractivity contribution in [2.45, 2.75) is 125 Å². The van der Waals surface area contributed by atoms with Crippen LogP contribution in [-0.2, 0) is 5.41 Å². The van der Waals surface area contributed by atoms with Crippen LogP contribution in [0.25, 0.3) is 29.9 Å². The van der Waals surface area contributed by atoms with Crippen molar-refractivity contribution in [1.82, 2.24) is 4.90 Å². The first-order valence-corrected chi connectivity index (χ1v) is 20.6. The topological polar surface area (TPSA) is 55.8 Å². The SMILES string of the molecule is CCCCC(CC)COc1c2cc(C(C)C)sc2c(OCC(CC)CCCC)c2cc(-c3sc(C(C)(C)C)c4c3C(=O)N(C)C4=O)sc12. The van der Waals surface area contributed by atoms with Crippen molar-refractivity contribution in [3.05, 3.63) is 33.0 Å². The number of benzene rings is 1. The van der Waals surface area contributed by atoms with E-state index < -0.39 is 0 Å². The van der Waals surface area contributed by atoms with Gasteiger partial charge < -0.3 is 9.47 Å². The Balaban J connectivity index is 1.74. The molecule has 1 aliphatic heterocycles. The minimum absolute atomic E-state index is 0.200. The normalized spacial score (nSPS) is 14.9. The Morgan fingerprint density at radius 2 is 1.27 bits per heavy atom. The number of imide groups is 1. The quantitative estimate of drug-likeness (QED) is 0.109. The average Bonchev–Trinajstić information content (AvgIpc) is 3.82. The van der Waals surface area contributed by atoms with Gasteiger partial charge in [-0.15, -0.1) is 34.0 Å². The van der Waals surface area contributed by atoms with Crippen LogP contribution in [0.1, 0.15) is 150 Å². The van der Waals surface area contributed by atoms with Crippen LogP contribution in [0, 0.1) is 11.8 Å². The van der Waals surface area contributed by atoms with Crippen molar-refractivity contribution in [2.75, 3.05) is 20.3 Å². The maximum absolute atomic E-state index is 13.6. The first-order chi connectivity index (χ1) is 22.9. The summed E-state index contributed by atoms with van der Waals surface area (Å²) in [5, 5.41) is 2.18. The number of nitrogens with zero attached hydrogens (tertiary/aromatic N) is 1. The second kappa shape index (κ2) is 15.2. The fourth-order valence-corrected chi connectivity index (χ4v) is 10.4. The summed E-state index contributed by atoms with van der Waals surface area (Å²) in [6.07, 6.45) is 9.26. The van der Waals surface area contributed by atoms with E-state index >= 15 is 0 Å². The molecular weight excluding hydrogens is 655 g/mol. The van der Waals surface area contributed by atoms with E-state index in [1.54, 1.807) is 29.7 Å². The molecule has 4 aromatic rings. The van der Waals surface area contributed by atoms with E-state index in [0.717, 1.165) is 72.0 Å². The van der Waals surface area contributed by atoms with E-state index in [-0.39, 0.29) is 17.2 Å². The number of amides is 2. The van der Waals surface area contributed by atoms with Gasteiger partial charge in [0.15, 0.2) is 0 Å². The van der Waals surface area contributed by atoms with Crippen LogP contribution in [-0.4, -0.2) is 37.0 Å². The third-order valence-electron chi connectivity index (χ3n) is 9.82. The molecule has 2 amide bonds. The van der Waals surface area contributed by atoms with E-state index in [1.807, 2.05) is 11.3 Å². The molecule has 2 atom stereocenters. The Hall–Kier alpha value is -2.42. The number of unbranched alkanes of at least 4 members (excludes halogenated alkanes) is 2. The van der Waals surface area contributed by atoms with Gasteiger partial charge in [-0.25, -0.2) is 0 Å². The van der Waals surface area contributed by atoms with Crippen LogP contribution in [0.3, 0.4) is 0 Å². The summed E-state index contributed by atoms with van der Waals surface area (Å²) in [6.45, 7) is 21.2. The number of carbonyl (C=O) groups excluding carboxylic acids is 2. The highest BCUT2D eigenvalue weighted by molar-refractivity contribution is 7.27. The highest BCUT2D eigenvalue weighted by Gasteiger charge is 2.43. The average molecular weight is 710 g/mol.